The predicted molar refractivity (Wildman–Crippen MR) is 76.4 cm³/mol. The van der Waals surface area contributed by atoms with Gasteiger partial charge in [0.25, 0.3) is 5.91 Å². The number of aliphatic carboxylic acids is 1. The van der Waals surface area contributed by atoms with Gasteiger partial charge in [-0.2, -0.15) is 0 Å². The van der Waals surface area contributed by atoms with Crippen molar-refractivity contribution in [1.82, 2.24) is 5.32 Å². The molecule has 0 atom stereocenters. The number of halogens is 1. The van der Waals surface area contributed by atoms with Gasteiger partial charge in [-0.05, 0) is 23.6 Å². The van der Waals surface area contributed by atoms with Gasteiger partial charge in [0.05, 0.1) is 19.1 Å². The zero-order valence-electron chi connectivity index (χ0n) is 11.7. The standard InChI is InChI=1S/C14H18ClNO4/c1-14(2,7-12(17)18)8-16-13(19)10-6-9(15)4-5-11(10)20-3/h4-6H,7-8H2,1-3H3,(H,16,19)(H,17,18). The monoisotopic (exact) mass is 299 g/mol. The number of hydrogen-bond acceptors (Lipinski definition) is 3. The topological polar surface area (TPSA) is 75.6 Å². The minimum atomic E-state index is -0.899. The van der Waals surface area contributed by atoms with Gasteiger partial charge in [0.2, 0.25) is 0 Å². The Hall–Kier alpha value is -1.75. The van der Waals surface area contributed by atoms with E-state index < -0.39 is 11.4 Å². The molecule has 0 fully saturated rings. The van der Waals surface area contributed by atoms with Gasteiger partial charge in [0.15, 0.2) is 0 Å². The van der Waals surface area contributed by atoms with E-state index in [9.17, 15) is 9.59 Å². The van der Waals surface area contributed by atoms with Crippen molar-refractivity contribution < 1.29 is 19.4 Å². The Labute approximate surface area is 122 Å². The summed E-state index contributed by atoms with van der Waals surface area (Å²) in [5, 5.41) is 11.9. The van der Waals surface area contributed by atoms with E-state index in [0.29, 0.717) is 16.3 Å². The first-order chi connectivity index (χ1) is 9.25. The third kappa shape index (κ3) is 4.74. The zero-order valence-corrected chi connectivity index (χ0v) is 12.5. The van der Waals surface area contributed by atoms with E-state index in [0.717, 1.165) is 0 Å². The van der Waals surface area contributed by atoms with Crippen molar-refractivity contribution in [2.45, 2.75) is 20.3 Å². The molecule has 0 unspecified atom stereocenters. The number of nitrogens with one attached hydrogen (secondary N) is 1. The van der Waals surface area contributed by atoms with Crippen LogP contribution in [0.4, 0.5) is 0 Å². The maximum absolute atomic E-state index is 12.1. The van der Waals surface area contributed by atoms with Crippen molar-refractivity contribution in [2.24, 2.45) is 5.41 Å². The molecule has 0 saturated heterocycles. The molecule has 110 valence electrons. The minimum absolute atomic E-state index is 0.0278. The van der Waals surface area contributed by atoms with E-state index in [2.05, 4.69) is 5.32 Å². The Bertz CT molecular complexity index is 514. The summed E-state index contributed by atoms with van der Waals surface area (Å²) in [5.41, 5.74) is -0.209. The highest BCUT2D eigenvalue weighted by Crippen LogP contribution is 2.23. The molecule has 1 aromatic carbocycles. The maximum atomic E-state index is 12.1. The van der Waals surface area contributed by atoms with Gasteiger partial charge in [-0.1, -0.05) is 25.4 Å². The lowest BCUT2D eigenvalue weighted by molar-refractivity contribution is -0.139. The fraction of sp³-hybridized carbons (Fsp3) is 0.429. The van der Waals surface area contributed by atoms with Crippen LogP contribution in [0.5, 0.6) is 5.75 Å². The van der Waals surface area contributed by atoms with Crippen molar-refractivity contribution in [3.8, 4) is 5.75 Å². The number of amides is 1. The fourth-order valence-electron chi connectivity index (χ4n) is 1.74. The number of ether oxygens (including phenoxy) is 1. The number of benzene rings is 1. The molecule has 1 amide bonds. The maximum Gasteiger partial charge on any atom is 0.303 e. The van der Waals surface area contributed by atoms with Gasteiger partial charge in [-0.3, -0.25) is 9.59 Å². The van der Waals surface area contributed by atoms with Crippen molar-refractivity contribution in [3.05, 3.63) is 28.8 Å². The SMILES string of the molecule is COc1ccc(Cl)cc1C(=O)NCC(C)(C)CC(=O)O. The molecule has 0 aliphatic rings. The summed E-state index contributed by atoms with van der Waals surface area (Å²) in [4.78, 5) is 22.8. The summed E-state index contributed by atoms with van der Waals surface area (Å²) >= 11 is 5.86. The Morgan fingerprint density at radius 1 is 1.40 bits per heavy atom. The fourth-order valence-corrected chi connectivity index (χ4v) is 1.92. The second-order valence-electron chi connectivity index (χ2n) is 5.26. The van der Waals surface area contributed by atoms with Crippen LogP contribution in [-0.4, -0.2) is 30.6 Å². The molecular formula is C14H18ClNO4. The summed E-state index contributed by atoms with van der Waals surface area (Å²) in [5.74, 6) is -0.824. The number of carboxylic acid groups (broad SMARTS) is 1. The second-order valence-corrected chi connectivity index (χ2v) is 5.70. The third-order valence-electron chi connectivity index (χ3n) is 2.76. The lowest BCUT2D eigenvalue weighted by Crippen LogP contribution is -2.35. The number of rotatable bonds is 6. The molecule has 0 aliphatic carbocycles. The molecule has 20 heavy (non-hydrogen) atoms. The molecule has 1 rings (SSSR count). The van der Waals surface area contributed by atoms with Gasteiger partial charge in [-0.15, -0.1) is 0 Å². The molecular weight excluding hydrogens is 282 g/mol. The molecule has 2 N–H and O–H groups in total. The zero-order chi connectivity index (χ0) is 15.3. The molecule has 0 spiro atoms. The number of carbonyl (C=O) groups is 2. The van der Waals surface area contributed by atoms with Crippen LogP contribution in [0.3, 0.4) is 0 Å². The van der Waals surface area contributed by atoms with Crippen LogP contribution >= 0.6 is 11.6 Å². The summed E-state index contributed by atoms with van der Waals surface area (Å²) in [7, 11) is 1.47. The first-order valence-electron chi connectivity index (χ1n) is 6.09. The average Bonchev–Trinajstić information content (AvgIpc) is 2.34. The molecule has 6 heteroatoms. The molecule has 0 aromatic heterocycles. The van der Waals surface area contributed by atoms with Crippen LogP contribution in [0.25, 0.3) is 0 Å². The van der Waals surface area contributed by atoms with Crippen molar-refractivity contribution in [1.29, 1.82) is 0 Å². The van der Waals surface area contributed by atoms with Crippen LogP contribution in [0.2, 0.25) is 5.02 Å². The Morgan fingerprint density at radius 3 is 2.60 bits per heavy atom. The summed E-state index contributed by atoms with van der Waals surface area (Å²) in [6.07, 6.45) is -0.0278. The van der Waals surface area contributed by atoms with Crippen LogP contribution in [0.15, 0.2) is 18.2 Å². The van der Waals surface area contributed by atoms with Crippen molar-refractivity contribution >= 4 is 23.5 Å². The van der Waals surface area contributed by atoms with E-state index in [1.54, 1.807) is 26.0 Å². The van der Waals surface area contributed by atoms with Crippen molar-refractivity contribution in [3.63, 3.8) is 0 Å². The molecule has 0 radical (unpaired) electrons. The third-order valence-corrected chi connectivity index (χ3v) is 3.00. The lowest BCUT2D eigenvalue weighted by Gasteiger charge is -2.23. The van der Waals surface area contributed by atoms with E-state index in [1.807, 2.05) is 0 Å². The largest absolute Gasteiger partial charge is 0.496 e. The number of carboxylic acids is 1. The van der Waals surface area contributed by atoms with Gasteiger partial charge in [-0.25, -0.2) is 0 Å². The van der Waals surface area contributed by atoms with Gasteiger partial charge >= 0.3 is 5.97 Å². The smallest absolute Gasteiger partial charge is 0.303 e. The molecule has 0 saturated carbocycles. The van der Waals surface area contributed by atoms with Gasteiger partial charge in [0, 0.05) is 11.6 Å². The Balaban J connectivity index is 2.77. The molecule has 0 bridgehead atoms. The number of carbonyl (C=O) groups excluding carboxylic acids is 1. The molecule has 5 nitrogen and oxygen atoms in total. The van der Waals surface area contributed by atoms with Crippen molar-refractivity contribution in [2.75, 3.05) is 13.7 Å². The molecule has 0 heterocycles. The van der Waals surface area contributed by atoms with E-state index in [1.165, 1.54) is 13.2 Å². The summed E-state index contributed by atoms with van der Waals surface area (Å²) < 4.78 is 5.10. The van der Waals surface area contributed by atoms with Crippen LogP contribution < -0.4 is 10.1 Å². The Morgan fingerprint density at radius 2 is 2.05 bits per heavy atom. The number of methoxy groups -OCH3 is 1. The highest BCUT2D eigenvalue weighted by molar-refractivity contribution is 6.31. The minimum Gasteiger partial charge on any atom is -0.496 e. The second kappa shape index (κ2) is 6.61. The van der Waals surface area contributed by atoms with E-state index in [4.69, 9.17) is 21.4 Å². The highest BCUT2D eigenvalue weighted by atomic mass is 35.5. The van der Waals surface area contributed by atoms with Gasteiger partial charge in [0.1, 0.15) is 5.75 Å². The molecule has 1 aromatic rings. The van der Waals surface area contributed by atoms with Gasteiger partial charge < -0.3 is 15.2 Å². The Kier molecular flexibility index (Phi) is 5.39. The van der Waals surface area contributed by atoms with Crippen LogP contribution in [-0.2, 0) is 4.79 Å². The molecule has 0 aliphatic heterocycles. The normalized spacial score (nSPS) is 11.0. The first-order valence-corrected chi connectivity index (χ1v) is 6.46. The lowest BCUT2D eigenvalue weighted by atomic mass is 9.89. The van der Waals surface area contributed by atoms with E-state index in [-0.39, 0.29) is 18.9 Å². The highest BCUT2D eigenvalue weighted by Gasteiger charge is 2.23. The van der Waals surface area contributed by atoms with E-state index >= 15 is 0 Å². The predicted octanol–water partition coefficient (Wildman–Crippen LogP) is 2.58. The summed E-state index contributed by atoms with van der Waals surface area (Å²) in [6, 6.07) is 4.76. The van der Waals surface area contributed by atoms with Crippen LogP contribution in [0.1, 0.15) is 30.6 Å². The van der Waals surface area contributed by atoms with Crippen LogP contribution in [0, 0.1) is 5.41 Å². The number of hydrogen-bond donors (Lipinski definition) is 2. The first kappa shape index (κ1) is 16.3. The average molecular weight is 300 g/mol. The quantitative estimate of drug-likeness (QED) is 0.846. The summed E-state index contributed by atoms with van der Waals surface area (Å²) in [6.45, 7) is 3.79.